The number of rotatable bonds is 4. The average molecular weight is 361 g/mol. The second-order valence-corrected chi connectivity index (χ2v) is 5.83. The van der Waals surface area contributed by atoms with E-state index in [-0.39, 0.29) is 11.6 Å². The highest BCUT2D eigenvalue weighted by atomic mass is 16.4. The van der Waals surface area contributed by atoms with E-state index < -0.39 is 0 Å². The van der Waals surface area contributed by atoms with Gasteiger partial charge in [-0.15, -0.1) is 10.2 Å². The normalized spacial score (nSPS) is 10.7. The number of anilines is 2. The number of hydrogen-bond acceptors (Lipinski definition) is 7. The van der Waals surface area contributed by atoms with Crippen LogP contribution < -0.4 is 11.1 Å². The van der Waals surface area contributed by atoms with Crippen molar-refractivity contribution in [3.63, 3.8) is 0 Å². The summed E-state index contributed by atoms with van der Waals surface area (Å²) in [5.74, 6) is -0.0356. The number of amides is 1. The van der Waals surface area contributed by atoms with Gasteiger partial charge in [0.15, 0.2) is 0 Å². The number of carbonyl (C=O) groups is 1. The fourth-order valence-corrected chi connectivity index (χ4v) is 2.55. The second-order valence-electron chi connectivity index (χ2n) is 5.83. The molecule has 0 aliphatic heterocycles. The Morgan fingerprint density at radius 1 is 1.15 bits per heavy atom. The lowest BCUT2D eigenvalue weighted by molar-refractivity contribution is 0.102. The summed E-state index contributed by atoms with van der Waals surface area (Å²) in [6, 6.07) is 8.53. The zero-order valence-corrected chi connectivity index (χ0v) is 14.3. The van der Waals surface area contributed by atoms with E-state index in [0.29, 0.717) is 22.8 Å². The van der Waals surface area contributed by atoms with Gasteiger partial charge in [-0.05, 0) is 24.3 Å². The number of nitrogen functional groups attached to an aromatic ring is 1. The van der Waals surface area contributed by atoms with Gasteiger partial charge in [-0.1, -0.05) is 6.07 Å². The maximum absolute atomic E-state index is 12.5. The van der Waals surface area contributed by atoms with Gasteiger partial charge in [-0.25, -0.2) is 0 Å². The van der Waals surface area contributed by atoms with Crippen molar-refractivity contribution >= 4 is 17.3 Å². The molecule has 0 saturated heterocycles. The number of benzene rings is 1. The first-order valence-electron chi connectivity index (χ1n) is 8.02. The van der Waals surface area contributed by atoms with E-state index in [1.165, 1.54) is 6.39 Å². The Labute approximate surface area is 153 Å². The number of aryl methyl sites for hydroxylation is 1. The van der Waals surface area contributed by atoms with Crippen molar-refractivity contribution in [1.29, 1.82) is 0 Å². The number of aromatic nitrogens is 5. The van der Waals surface area contributed by atoms with Crippen molar-refractivity contribution in [2.24, 2.45) is 7.05 Å². The summed E-state index contributed by atoms with van der Waals surface area (Å²) in [4.78, 5) is 16.8. The highest BCUT2D eigenvalue weighted by molar-refractivity contribution is 6.05. The quantitative estimate of drug-likeness (QED) is 0.535. The van der Waals surface area contributed by atoms with E-state index in [1.54, 1.807) is 41.3 Å². The average Bonchev–Trinajstić information content (AvgIpc) is 3.35. The lowest BCUT2D eigenvalue weighted by Crippen LogP contribution is -2.14. The molecule has 9 heteroatoms. The molecule has 0 radical (unpaired) electrons. The number of pyridine rings is 1. The van der Waals surface area contributed by atoms with E-state index in [4.69, 9.17) is 10.2 Å². The van der Waals surface area contributed by atoms with Gasteiger partial charge >= 0.3 is 0 Å². The molecule has 3 aromatic heterocycles. The molecule has 0 atom stereocenters. The topological polar surface area (TPSA) is 125 Å². The fraction of sp³-hybridized carbons (Fsp3) is 0.0556. The van der Waals surface area contributed by atoms with Gasteiger partial charge in [0.2, 0.25) is 12.3 Å². The molecule has 0 aliphatic carbocycles. The van der Waals surface area contributed by atoms with Gasteiger partial charge in [-0.2, -0.15) is 5.10 Å². The van der Waals surface area contributed by atoms with Crippen molar-refractivity contribution < 1.29 is 9.21 Å². The predicted octanol–water partition coefficient (Wildman–Crippen LogP) is 2.37. The lowest BCUT2D eigenvalue weighted by atomic mass is 10.1. The van der Waals surface area contributed by atoms with E-state index in [1.807, 2.05) is 19.3 Å². The molecule has 0 spiro atoms. The van der Waals surface area contributed by atoms with Crippen molar-refractivity contribution in [2.45, 2.75) is 0 Å². The van der Waals surface area contributed by atoms with Crippen LogP contribution in [0.15, 0.2) is 59.7 Å². The van der Waals surface area contributed by atoms with Crippen LogP contribution in [0.5, 0.6) is 0 Å². The summed E-state index contributed by atoms with van der Waals surface area (Å²) in [6.07, 6.45) is 6.47. The van der Waals surface area contributed by atoms with Crippen LogP contribution in [-0.2, 0) is 7.05 Å². The summed E-state index contributed by atoms with van der Waals surface area (Å²) in [7, 11) is 1.84. The monoisotopic (exact) mass is 361 g/mol. The molecule has 1 aromatic carbocycles. The van der Waals surface area contributed by atoms with Crippen molar-refractivity contribution in [3.8, 4) is 22.6 Å². The summed E-state index contributed by atoms with van der Waals surface area (Å²) in [5, 5.41) is 14.4. The van der Waals surface area contributed by atoms with Gasteiger partial charge in [0.25, 0.3) is 5.91 Å². The molecule has 3 heterocycles. The molecule has 0 bridgehead atoms. The smallest absolute Gasteiger partial charge is 0.274 e. The number of nitrogens with two attached hydrogens (primary N) is 1. The maximum Gasteiger partial charge on any atom is 0.274 e. The third-order valence-electron chi connectivity index (χ3n) is 3.94. The van der Waals surface area contributed by atoms with Crippen LogP contribution in [0.4, 0.5) is 11.4 Å². The molecule has 9 nitrogen and oxygen atoms in total. The Morgan fingerprint density at radius 2 is 2.00 bits per heavy atom. The summed E-state index contributed by atoms with van der Waals surface area (Å²) in [5.41, 5.74) is 9.53. The molecule has 4 rings (SSSR count). The zero-order chi connectivity index (χ0) is 18.8. The summed E-state index contributed by atoms with van der Waals surface area (Å²) < 4.78 is 6.87. The molecule has 1 amide bonds. The summed E-state index contributed by atoms with van der Waals surface area (Å²) >= 11 is 0. The first-order chi connectivity index (χ1) is 13.1. The molecule has 0 saturated carbocycles. The third kappa shape index (κ3) is 3.38. The minimum Gasteiger partial charge on any atom is -0.423 e. The van der Waals surface area contributed by atoms with Gasteiger partial charge in [-0.3, -0.25) is 14.5 Å². The first-order valence-corrected chi connectivity index (χ1v) is 8.02. The van der Waals surface area contributed by atoms with Crippen molar-refractivity contribution in [2.75, 3.05) is 11.1 Å². The lowest BCUT2D eigenvalue weighted by Gasteiger charge is -2.09. The third-order valence-corrected chi connectivity index (χ3v) is 3.94. The van der Waals surface area contributed by atoms with Crippen LogP contribution in [0, 0.1) is 0 Å². The maximum atomic E-state index is 12.5. The van der Waals surface area contributed by atoms with Crippen LogP contribution >= 0.6 is 0 Å². The Kier molecular flexibility index (Phi) is 4.09. The van der Waals surface area contributed by atoms with Crippen molar-refractivity contribution in [3.05, 3.63) is 61.0 Å². The van der Waals surface area contributed by atoms with Crippen LogP contribution in [-0.4, -0.2) is 30.9 Å². The highest BCUT2D eigenvalue weighted by Gasteiger charge is 2.13. The standard InChI is InChI=1S/C18H15N7O2/c1-25-9-13(8-22-25)12-3-5-15(20-7-12)17(26)23-16-6-11(2-4-14(16)19)18-24-21-10-27-18/h2-10H,19H2,1H3,(H,23,26). The number of nitrogens with one attached hydrogen (secondary N) is 1. The van der Waals surface area contributed by atoms with Gasteiger partial charge < -0.3 is 15.5 Å². The van der Waals surface area contributed by atoms with E-state index >= 15 is 0 Å². The second kappa shape index (κ2) is 6.71. The van der Waals surface area contributed by atoms with E-state index in [0.717, 1.165) is 11.1 Å². The van der Waals surface area contributed by atoms with Gasteiger partial charge in [0.1, 0.15) is 5.69 Å². The van der Waals surface area contributed by atoms with Crippen molar-refractivity contribution in [1.82, 2.24) is 25.0 Å². The Morgan fingerprint density at radius 3 is 2.67 bits per heavy atom. The number of carbonyl (C=O) groups excluding carboxylic acids is 1. The molecule has 0 unspecified atom stereocenters. The van der Waals surface area contributed by atoms with E-state index in [2.05, 4.69) is 25.6 Å². The van der Waals surface area contributed by atoms with Crippen LogP contribution in [0.3, 0.4) is 0 Å². The SMILES string of the molecule is Cn1cc(-c2ccc(C(=O)Nc3cc(-c4nnco4)ccc3N)nc2)cn1. The zero-order valence-electron chi connectivity index (χ0n) is 14.3. The molecule has 3 N–H and O–H groups in total. The summed E-state index contributed by atoms with van der Waals surface area (Å²) in [6.45, 7) is 0. The molecular weight excluding hydrogens is 346 g/mol. The van der Waals surface area contributed by atoms with Crippen LogP contribution in [0.25, 0.3) is 22.6 Å². The molecular formula is C18H15N7O2. The largest absolute Gasteiger partial charge is 0.423 e. The molecule has 134 valence electrons. The van der Waals surface area contributed by atoms with Crippen LogP contribution in [0.2, 0.25) is 0 Å². The van der Waals surface area contributed by atoms with Gasteiger partial charge in [0.05, 0.1) is 17.6 Å². The molecule has 4 aromatic rings. The van der Waals surface area contributed by atoms with Crippen LogP contribution in [0.1, 0.15) is 10.5 Å². The first kappa shape index (κ1) is 16.5. The fourth-order valence-electron chi connectivity index (χ4n) is 2.55. The number of nitrogens with zero attached hydrogens (tertiary/aromatic N) is 5. The molecule has 0 fully saturated rings. The predicted molar refractivity (Wildman–Crippen MR) is 98.5 cm³/mol. The Balaban J connectivity index is 1.54. The number of hydrogen-bond donors (Lipinski definition) is 2. The van der Waals surface area contributed by atoms with E-state index in [9.17, 15) is 4.79 Å². The molecule has 0 aliphatic rings. The Bertz CT molecular complexity index is 1090. The minimum atomic E-state index is -0.373. The van der Waals surface area contributed by atoms with Gasteiger partial charge in [0, 0.05) is 36.1 Å². The Hall–Kier alpha value is -4.01. The molecule has 27 heavy (non-hydrogen) atoms. The minimum absolute atomic E-state index is 0.269. The highest BCUT2D eigenvalue weighted by Crippen LogP contribution is 2.26.